The number of esters is 3. The highest BCUT2D eigenvalue weighted by Gasteiger charge is 2.19. The second-order valence-corrected chi connectivity index (χ2v) is 16.5. The van der Waals surface area contributed by atoms with Gasteiger partial charge in [0.05, 0.1) is 0 Å². The van der Waals surface area contributed by atoms with Crippen LogP contribution in [0.25, 0.3) is 0 Å². The van der Waals surface area contributed by atoms with Crippen molar-refractivity contribution in [1.29, 1.82) is 0 Å². The molecule has 0 aliphatic rings. The van der Waals surface area contributed by atoms with E-state index in [-0.39, 0.29) is 37.5 Å². The largest absolute Gasteiger partial charge is 0.462 e. The van der Waals surface area contributed by atoms with Crippen LogP contribution in [0, 0.1) is 0 Å². The fraction of sp³-hybridized carbons (Fsp3) is 0.691. The van der Waals surface area contributed by atoms with Crippen molar-refractivity contribution < 1.29 is 28.6 Å². The van der Waals surface area contributed by atoms with Gasteiger partial charge in [-0.05, 0) is 51.4 Å². The van der Waals surface area contributed by atoms with E-state index in [1.54, 1.807) is 0 Å². The lowest BCUT2D eigenvalue weighted by Gasteiger charge is -2.18. The molecule has 0 aromatic heterocycles. The fourth-order valence-electron chi connectivity index (χ4n) is 6.74. The predicted molar refractivity (Wildman–Crippen MR) is 261 cm³/mol. The number of ether oxygens (including phenoxy) is 3. The highest BCUT2D eigenvalue weighted by atomic mass is 16.6. The molecule has 1 unspecified atom stereocenters. The summed E-state index contributed by atoms with van der Waals surface area (Å²) in [5.41, 5.74) is 0. The molecule has 0 radical (unpaired) electrons. The first-order valence-corrected chi connectivity index (χ1v) is 25.2. The molecule has 0 aliphatic heterocycles. The van der Waals surface area contributed by atoms with E-state index >= 15 is 0 Å². The Balaban J connectivity index is 4.42. The van der Waals surface area contributed by atoms with Crippen LogP contribution in [0.3, 0.4) is 0 Å². The van der Waals surface area contributed by atoms with Gasteiger partial charge in [-0.25, -0.2) is 0 Å². The van der Waals surface area contributed by atoms with Gasteiger partial charge in [0.2, 0.25) is 0 Å². The zero-order chi connectivity index (χ0) is 44.4. The average Bonchev–Trinajstić information content (AvgIpc) is 3.26. The lowest BCUT2D eigenvalue weighted by Crippen LogP contribution is -2.30. The molecule has 0 heterocycles. The van der Waals surface area contributed by atoms with Gasteiger partial charge in [-0.1, -0.05) is 241 Å². The van der Waals surface area contributed by atoms with Gasteiger partial charge in [-0.2, -0.15) is 0 Å². The van der Waals surface area contributed by atoms with Crippen LogP contribution in [0.1, 0.15) is 226 Å². The zero-order valence-corrected chi connectivity index (χ0v) is 39.7. The van der Waals surface area contributed by atoms with Gasteiger partial charge in [-0.3, -0.25) is 14.4 Å². The second-order valence-electron chi connectivity index (χ2n) is 16.5. The van der Waals surface area contributed by atoms with Crippen molar-refractivity contribution >= 4 is 17.9 Å². The molecule has 0 bridgehead atoms. The summed E-state index contributed by atoms with van der Waals surface area (Å²) in [4.78, 5) is 37.8. The van der Waals surface area contributed by atoms with Crippen LogP contribution in [0.15, 0.2) is 85.1 Å². The van der Waals surface area contributed by atoms with Crippen molar-refractivity contribution in [2.75, 3.05) is 13.2 Å². The molecule has 1 atom stereocenters. The molecule has 0 spiro atoms. The van der Waals surface area contributed by atoms with E-state index < -0.39 is 6.10 Å². The molecule has 6 nitrogen and oxygen atoms in total. The molecule has 0 saturated heterocycles. The molecular weight excluding hydrogens is 757 g/mol. The highest BCUT2D eigenvalue weighted by molar-refractivity contribution is 5.71. The monoisotopic (exact) mass is 849 g/mol. The van der Waals surface area contributed by atoms with Crippen molar-refractivity contribution in [2.45, 2.75) is 232 Å². The second kappa shape index (κ2) is 49.2. The third-order valence-corrected chi connectivity index (χ3v) is 10.5. The van der Waals surface area contributed by atoms with Crippen molar-refractivity contribution in [3.63, 3.8) is 0 Å². The Kier molecular flexibility index (Phi) is 46.5. The van der Waals surface area contributed by atoms with Crippen molar-refractivity contribution in [3.05, 3.63) is 85.1 Å². The summed E-state index contributed by atoms with van der Waals surface area (Å²) in [6, 6.07) is 0. The van der Waals surface area contributed by atoms with Gasteiger partial charge in [0.25, 0.3) is 0 Å². The topological polar surface area (TPSA) is 78.9 Å². The number of unbranched alkanes of at least 4 members (excludes halogenated alkanes) is 24. The number of hydrogen-bond donors (Lipinski definition) is 0. The molecule has 0 saturated carbocycles. The first kappa shape index (κ1) is 57.6. The van der Waals surface area contributed by atoms with Crippen LogP contribution in [-0.4, -0.2) is 37.2 Å². The predicted octanol–water partition coefficient (Wildman–Crippen LogP) is 16.4. The summed E-state index contributed by atoms with van der Waals surface area (Å²) in [6.45, 7) is 6.35. The zero-order valence-electron chi connectivity index (χ0n) is 39.7. The van der Waals surface area contributed by atoms with Crippen LogP contribution in [0.2, 0.25) is 0 Å². The Bertz CT molecular complexity index is 1200. The summed E-state index contributed by atoms with van der Waals surface area (Å²) in [5, 5.41) is 0. The van der Waals surface area contributed by atoms with Gasteiger partial charge >= 0.3 is 17.9 Å². The molecule has 0 rings (SSSR count). The van der Waals surface area contributed by atoms with Crippen LogP contribution in [-0.2, 0) is 28.6 Å². The van der Waals surface area contributed by atoms with Crippen molar-refractivity contribution in [1.82, 2.24) is 0 Å². The standard InChI is InChI=1S/C55H92O6/c1-4-7-10-13-16-19-22-24-25-26-27-28-29-31-33-36-39-42-45-48-54(57)60-51-52(50-59-53(56)47-44-41-38-35-32-21-18-15-12-9-6-3)61-55(58)49-46-43-40-37-34-30-23-20-17-14-11-8-5-2/h8,11,14-15,17-18,20-21,23,30,32,34,37,40,52H,4-7,9-10,12-13,16,19,22,24-29,31,33,35-36,38-39,41-51H2,1-3H3/b11-8-,17-14-,18-15-,23-20-,32-21-,34-30-,40-37-. The minimum atomic E-state index is -0.821. The van der Waals surface area contributed by atoms with Gasteiger partial charge in [0.1, 0.15) is 13.2 Å². The summed E-state index contributed by atoms with van der Waals surface area (Å²) < 4.78 is 16.7. The van der Waals surface area contributed by atoms with E-state index in [2.05, 4.69) is 51.2 Å². The first-order valence-electron chi connectivity index (χ1n) is 25.2. The lowest BCUT2D eigenvalue weighted by atomic mass is 10.0. The minimum Gasteiger partial charge on any atom is -0.462 e. The number of carbonyl (C=O) groups excluding carboxylic acids is 3. The molecule has 0 amide bonds. The molecule has 348 valence electrons. The lowest BCUT2D eigenvalue weighted by molar-refractivity contribution is -0.167. The Hall–Kier alpha value is -3.41. The molecule has 0 fully saturated rings. The van der Waals surface area contributed by atoms with Crippen LogP contribution >= 0.6 is 0 Å². The van der Waals surface area contributed by atoms with E-state index in [1.807, 2.05) is 54.7 Å². The highest BCUT2D eigenvalue weighted by Crippen LogP contribution is 2.15. The SMILES string of the molecule is CC\C=C/C=C\C=C/C=C\C=C/CCCC(=O)OC(COC(=O)CCCCC/C=C\C=C/CCCC)COC(=O)CCCCCCCCCCCCCCCCCCCCC. The maximum absolute atomic E-state index is 12.7. The van der Waals surface area contributed by atoms with Crippen LogP contribution in [0.4, 0.5) is 0 Å². The van der Waals surface area contributed by atoms with Gasteiger partial charge in [0, 0.05) is 19.3 Å². The number of carbonyl (C=O) groups is 3. The van der Waals surface area contributed by atoms with Gasteiger partial charge in [-0.15, -0.1) is 0 Å². The number of allylic oxidation sites excluding steroid dienone is 14. The summed E-state index contributed by atoms with van der Waals surface area (Å²) >= 11 is 0. The van der Waals surface area contributed by atoms with Crippen LogP contribution < -0.4 is 0 Å². The Morgan fingerprint density at radius 1 is 0.344 bits per heavy atom. The molecular formula is C55H92O6. The quantitative estimate of drug-likeness (QED) is 0.0263. The Labute approximate surface area is 375 Å². The maximum atomic E-state index is 12.7. The fourth-order valence-corrected chi connectivity index (χ4v) is 6.74. The van der Waals surface area contributed by atoms with E-state index in [4.69, 9.17) is 14.2 Å². The average molecular weight is 849 g/mol. The van der Waals surface area contributed by atoms with Crippen molar-refractivity contribution in [3.8, 4) is 0 Å². The maximum Gasteiger partial charge on any atom is 0.306 e. The first-order chi connectivity index (χ1) is 30.0. The molecule has 0 aliphatic carbocycles. The molecule has 61 heavy (non-hydrogen) atoms. The van der Waals surface area contributed by atoms with Gasteiger partial charge < -0.3 is 14.2 Å². The minimum absolute atomic E-state index is 0.113. The third-order valence-electron chi connectivity index (χ3n) is 10.5. The normalized spacial score (nSPS) is 12.8. The molecule has 6 heteroatoms. The van der Waals surface area contributed by atoms with E-state index in [1.165, 1.54) is 116 Å². The number of rotatable bonds is 44. The smallest absolute Gasteiger partial charge is 0.306 e. The van der Waals surface area contributed by atoms with E-state index in [0.717, 1.165) is 64.2 Å². The molecule has 0 N–H and O–H groups in total. The van der Waals surface area contributed by atoms with Crippen molar-refractivity contribution in [2.24, 2.45) is 0 Å². The molecule has 0 aromatic rings. The van der Waals surface area contributed by atoms with E-state index in [0.29, 0.717) is 19.3 Å². The third kappa shape index (κ3) is 47.5. The molecule has 0 aromatic carbocycles. The summed E-state index contributed by atoms with van der Waals surface area (Å²) in [7, 11) is 0. The number of hydrogen-bond acceptors (Lipinski definition) is 6. The Morgan fingerprint density at radius 2 is 0.672 bits per heavy atom. The summed E-state index contributed by atoms with van der Waals surface area (Å²) in [6.07, 6.45) is 63.0. The van der Waals surface area contributed by atoms with Gasteiger partial charge in [0.15, 0.2) is 6.10 Å². The Morgan fingerprint density at radius 3 is 1.11 bits per heavy atom. The van der Waals surface area contributed by atoms with Crippen LogP contribution in [0.5, 0.6) is 0 Å². The summed E-state index contributed by atoms with van der Waals surface area (Å²) in [5.74, 6) is -1.02. The van der Waals surface area contributed by atoms with E-state index in [9.17, 15) is 14.4 Å².